The average Bonchev–Trinajstić information content (AvgIpc) is 3.02. The van der Waals surface area contributed by atoms with Gasteiger partial charge in [0.05, 0.1) is 15.4 Å². The smallest absolute Gasteiger partial charge is 0.335 e. The molecule has 0 atom stereocenters. The van der Waals surface area contributed by atoms with Crippen LogP contribution in [0.15, 0.2) is 30.3 Å². The average molecular weight is 308 g/mol. The molecule has 5 nitrogen and oxygen atoms in total. The largest absolute Gasteiger partial charge is 0.478 e. The normalized spacial score (nSPS) is 11.1. The van der Waals surface area contributed by atoms with Crippen molar-refractivity contribution in [2.24, 2.45) is 0 Å². The summed E-state index contributed by atoms with van der Waals surface area (Å²) >= 11 is 7.42. The molecule has 0 amide bonds. The third-order valence-electron chi connectivity index (χ3n) is 2.96. The number of hydrogen-bond acceptors (Lipinski definition) is 4. The first-order chi connectivity index (χ1) is 9.63. The van der Waals surface area contributed by atoms with Crippen LogP contribution in [0.5, 0.6) is 0 Å². The van der Waals surface area contributed by atoms with E-state index >= 15 is 0 Å². The van der Waals surface area contributed by atoms with E-state index in [9.17, 15) is 4.79 Å². The van der Waals surface area contributed by atoms with E-state index in [2.05, 4.69) is 10.3 Å². The molecule has 1 N–H and O–H groups in total. The molecule has 0 bridgehead atoms. The van der Waals surface area contributed by atoms with Crippen LogP contribution in [0.2, 0.25) is 4.34 Å². The van der Waals surface area contributed by atoms with Crippen molar-refractivity contribution < 1.29 is 9.90 Å². The minimum Gasteiger partial charge on any atom is -0.478 e. The number of carboxylic acids is 1. The molecule has 0 fully saturated rings. The Morgan fingerprint density at radius 1 is 1.35 bits per heavy atom. The van der Waals surface area contributed by atoms with Crippen LogP contribution in [0, 0.1) is 0 Å². The summed E-state index contributed by atoms with van der Waals surface area (Å²) in [4.78, 5) is 12.2. The molecular weight excluding hydrogens is 298 g/mol. The maximum Gasteiger partial charge on any atom is 0.335 e. The van der Waals surface area contributed by atoms with Gasteiger partial charge in [0.15, 0.2) is 0 Å². The molecule has 102 valence electrons. The highest BCUT2D eigenvalue weighted by atomic mass is 35.5. The molecule has 20 heavy (non-hydrogen) atoms. The van der Waals surface area contributed by atoms with Gasteiger partial charge in [0.2, 0.25) is 0 Å². The fourth-order valence-corrected chi connectivity index (χ4v) is 3.04. The zero-order valence-corrected chi connectivity index (χ0v) is 11.9. The fourth-order valence-electron chi connectivity index (χ4n) is 1.97. The zero-order chi connectivity index (χ0) is 14.1. The van der Waals surface area contributed by atoms with E-state index in [1.807, 2.05) is 12.1 Å². The number of hydrogen-bond donors (Lipinski definition) is 1. The van der Waals surface area contributed by atoms with Crippen molar-refractivity contribution in [1.82, 2.24) is 15.0 Å². The van der Waals surface area contributed by atoms with E-state index in [0.717, 1.165) is 21.2 Å². The molecule has 2 heterocycles. The lowest BCUT2D eigenvalue weighted by molar-refractivity contribution is 0.0697. The number of halogens is 1. The Morgan fingerprint density at radius 3 is 2.90 bits per heavy atom. The predicted octanol–water partition coefficient (Wildman–Crippen LogP) is 3.09. The SMILES string of the molecule is O=C(O)c1ccc2nnn(CCc3ccc(Cl)s3)c2c1. The van der Waals surface area contributed by atoms with Crippen LogP contribution >= 0.6 is 22.9 Å². The Hall–Kier alpha value is -1.92. The summed E-state index contributed by atoms with van der Waals surface area (Å²) in [5.74, 6) is -0.954. The van der Waals surface area contributed by atoms with Gasteiger partial charge in [-0.1, -0.05) is 16.8 Å². The minimum absolute atomic E-state index is 0.236. The summed E-state index contributed by atoms with van der Waals surface area (Å²) in [5, 5.41) is 17.1. The number of aromatic carboxylic acids is 1. The van der Waals surface area contributed by atoms with Crippen LogP contribution in [-0.2, 0) is 13.0 Å². The molecule has 1 aromatic carbocycles. The van der Waals surface area contributed by atoms with Crippen LogP contribution in [0.4, 0.5) is 0 Å². The maximum absolute atomic E-state index is 11.0. The van der Waals surface area contributed by atoms with E-state index < -0.39 is 5.97 Å². The number of aromatic nitrogens is 3. The third-order valence-corrected chi connectivity index (χ3v) is 4.25. The molecule has 3 aromatic rings. The van der Waals surface area contributed by atoms with Gasteiger partial charge in [-0.05, 0) is 30.3 Å². The number of thiophene rings is 1. The summed E-state index contributed by atoms with van der Waals surface area (Å²) < 4.78 is 2.48. The van der Waals surface area contributed by atoms with Crippen LogP contribution in [0.25, 0.3) is 11.0 Å². The molecule has 7 heteroatoms. The first kappa shape index (κ1) is 13.1. The maximum atomic E-state index is 11.0. The van der Waals surface area contributed by atoms with Gasteiger partial charge in [-0.2, -0.15) is 0 Å². The van der Waals surface area contributed by atoms with Gasteiger partial charge in [0, 0.05) is 17.8 Å². The lowest BCUT2D eigenvalue weighted by Crippen LogP contribution is -2.03. The fraction of sp³-hybridized carbons (Fsp3) is 0.154. The van der Waals surface area contributed by atoms with Gasteiger partial charge in [0.1, 0.15) is 5.52 Å². The van der Waals surface area contributed by atoms with Crippen molar-refractivity contribution in [3.05, 3.63) is 45.1 Å². The Balaban J connectivity index is 1.87. The molecule has 0 aliphatic carbocycles. The summed E-state index contributed by atoms with van der Waals surface area (Å²) in [5.41, 5.74) is 1.66. The molecule has 2 aromatic heterocycles. The van der Waals surface area contributed by atoms with E-state index in [4.69, 9.17) is 16.7 Å². The Bertz CT molecular complexity index is 781. The van der Waals surface area contributed by atoms with Gasteiger partial charge < -0.3 is 5.11 Å². The van der Waals surface area contributed by atoms with Crippen molar-refractivity contribution in [3.63, 3.8) is 0 Å². The summed E-state index contributed by atoms with van der Waals surface area (Å²) in [6.45, 7) is 0.635. The quantitative estimate of drug-likeness (QED) is 0.804. The van der Waals surface area contributed by atoms with E-state index in [1.165, 1.54) is 17.4 Å². The number of nitrogens with zero attached hydrogens (tertiary/aromatic N) is 3. The van der Waals surface area contributed by atoms with Crippen molar-refractivity contribution in [2.45, 2.75) is 13.0 Å². The standard InChI is InChI=1S/C13H10ClN3O2S/c14-12-4-2-9(20-12)5-6-17-11-7-8(13(18)19)1-3-10(11)15-16-17/h1-4,7H,5-6H2,(H,18,19). The lowest BCUT2D eigenvalue weighted by Gasteiger charge is -2.01. The summed E-state index contributed by atoms with van der Waals surface area (Å²) in [6.07, 6.45) is 0.785. The molecule has 0 saturated heterocycles. The second kappa shape index (κ2) is 5.22. The number of benzene rings is 1. The van der Waals surface area contributed by atoms with Crippen LogP contribution in [0.3, 0.4) is 0 Å². The Labute approximate surface area is 123 Å². The predicted molar refractivity (Wildman–Crippen MR) is 77.5 cm³/mol. The monoisotopic (exact) mass is 307 g/mol. The van der Waals surface area contributed by atoms with Crippen molar-refractivity contribution in [1.29, 1.82) is 0 Å². The minimum atomic E-state index is -0.954. The second-order valence-electron chi connectivity index (χ2n) is 4.28. The summed E-state index contributed by atoms with van der Waals surface area (Å²) in [6, 6.07) is 8.64. The highest BCUT2D eigenvalue weighted by molar-refractivity contribution is 7.16. The molecule has 0 unspecified atom stereocenters. The number of aryl methyl sites for hydroxylation is 2. The van der Waals surface area contributed by atoms with Gasteiger partial charge >= 0.3 is 5.97 Å². The molecule has 0 radical (unpaired) electrons. The van der Waals surface area contributed by atoms with E-state index in [0.29, 0.717) is 12.1 Å². The molecule has 0 saturated carbocycles. The topological polar surface area (TPSA) is 68.0 Å². The van der Waals surface area contributed by atoms with Gasteiger partial charge in [-0.15, -0.1) is 16.4 Å². The van der Waals surface area contributed by atoms with Gasteiger partial charge in [0.25, 0.3) is 0 Å². The number of rotatable bonds is 4. The number of carbonyl (C=O) groups is 1. The first-order valence-corrected chi connectivity index (χ1v) is 7.14. The Kier molecular flexibility index (Phi) is 3.42. The zero-order valence-electron chi connectivity index (χ0n) is 10.3. The Morgan fingerprint density at radius 2 is 2.20 bits per heavy atom. The highest BCUT2D eigenvalue weighted by Crippen LogP contribution is 2.22. The van der Waals surface area contributed by atoms with Gasteiger partial charge in [-0.3, -0.25) is 0 Å². The van der Waals surface area contributed by atoms with Gasteiger partial charge in [-0.25, -0.2) is 9.48 Å². The van der Waals surface area contributed by atoms with E-state index in [-0.39, 0.29) is 5.56 Å². The summed E-state index contributed by atoms with van der Waals surface area (Å²) in [7, 11) is 0. The first-order valence-electron chi connectivity index (χ1n) is 5.94. The van der Waals surface area contributed by atoms with Crippen molar-refractivity contribution in [3.8, 4) is 0 Å². The van der Waals surface area contributed by atoms with E-state index in [1.54, 1.807) is 16.8 Å². The molecular formula is C13H10ClN3O2S. The molecule has 0 aliphatic rings. The highest BCUT2D eigenvalue weighted by Gasteiger charge is 2.09. The van der Waals surface area contributed by atoms with Crippen LogP contribution in [-0.4, -0.2) is 26.1 Å². The van der Waals surface area contributed by atoms with Crippen molar-refractivity contribution in [2.75, 3.05) is 0 Å². The number of fused-ring (bicyclic) bond motifs is 1. The second-order valence-corrected chi connectivity index (χ2v) is 6.08. The molecule has 0 spiro atoms. The number of carboxylic acid groups (broad SMARTS) is 1. The lowest BCUT2D eigenvalue weighted by atomic mass is 10.2. The molecule has 0 aliphatic heterocycles. The molecule has 3 rings (SSSR count). The van der Waals surface area contributed by atoms with Crippen LogP contribution in [0.1, 0.15) is 15.2 Å². The third kappa shape index (κ3) is 2.52. The van der Waals surface area contributed by atoms with Crippen LogP contribution < -0.4 is 0 Å². The van der Waals surface area contributed by atoms with Crippen molar-refractivity contribution >= 4 is 39.9 Å².